The second kappa shape index (κ2) is 4.48. The average Bonchev–Trinajstić information content (AvgIpc) is 2.03. The molecule has 2 atom stereocenters. The lowest BCUT2D eigenvalue weighted by atomic mass is 10.3. The molecule has 0 saturated heterocycles. The molecule has 0 fully saturated rings. The Morgan fingerprint density at radius 3 is 2.69 bits per heavy atom. The zero-order chi connectivity index (χ0) is 9.84. The number of hydrogen-bond acceptors (Lipinski definition) is 2. The van der Waals surface area contributed by atoms with Crippen molar-refractivity contribution in [3.8, 4) is 0 Å². The molecule has 0 amide bonds. The quantitative estimate of drug-likeness (QED) is 0.802. The fraction of sp³-hybridized carbons (Fsp3) is 0.333. The van der Waals surface area contributed by atoms with E-state index in [9.17, 15) is 8.60 Å². The summed E-state index contributed by atoms with van der Waals surface area (Å²) in [5.74, 6) is -0.414. The van der Waals surface area contributed by atoms with Crippen LogP contribution >= 0.6 is 0 Å². The first kappa shape index (κ1) is 10.3. The third kappa shape index (κ3) is 2.90. The molecule has 0 bridgehead atoms. The van der Waals surface area contributed by atoms with Gasteiger partial charge in [0.1, 0.15) is 5.82 Å². The topological polar surface area (TPSA) is 37.3 Å². The molecule has 0 aliphatic heterocycles. The van der Waals surface area contributed by atoms with E-state index < -0.39 is 22.7 Å². The lowest BCUT2D eigenvalue weighted by Crippen LogP contribution is -2.13. The minimum Gasteiger partial charge on any atom is -0.392 e. The molecule has 1 rings (SSSR count). The zero-order valence-corrected chi connectivity index (χ0v) is 8.05. The van der Waals surface area contributed by atoms with Gasteiger partial charge in [-0.25, -0.2) is 4.39 Å². The van der Waals surface area contributed by atoms with Crippen LogP contribution in [0, 0.1) is 5.82 Å². The maximum absolute atomic E-state index is 13.0. The molecule has 0 saturated carbocycles. The molecule has 1 aromatic rings. The van der Waals surface area contributed by atoms with Gasteiger partial charge in [0.25, 0.3) is 0 Å². The van der Waals surface area contributed by atoms with Crippen molar-refractivity contribution in [3.63, 3.8) is 0 Å². The summed E-state index contributed by atoms with van der Waals surface area (Å²) >= 11 is 0. The van der Waals surface area contributed by atoms with E-state index in [1.165, 1.54) is 19.1 Å². The van der Waals surface area contributed by atoms with Crippen LogP contribution in [0.5, 0.6) is 0 Å². The van der Waals surface area contributed by atoms with E-state index in [1.807, 2.05) is 0 Å². The Kier molecular flexibility index (Phi) is 3.57. The Balaban J connectivity index is 2.83. The van der Waals surface area contributed by atoms with E-state index in [0.29, 0.717) is 0 Å². The van der Waals surface area contributed by atoms with E-state index >= 15 is 0 Å². The maximum atomic E-state index is 13.0. The largest absolute Gasteiger partial charge is 0.392 e. The summed E-state index contributed by atoms with van der Waals surface area (Å²) in [6, 6.07) is 5.89. The van der Waals surface area contributed by atoms with Gasteiger partial charge in [-0.2, -0.15) is 0 Å². The van der Waals surface area contributed by atoms with Gasteiger partial charge in [-0.3, -0.25) is 4.21 Å². The van der Waals surface area contributed by atoms with Crippen molar-refractivity contribution in [1.29, 1.82) is 0 Å². The van der Waals surface area contributed by atoms with E-state index in [-0.39, 0.29) is 10.6 Å². The summed E-state index contributed by atoms with van der Waals surface area (Å²) < 4.78 is 24.4. The molecule has 72 valence electrons. The third-order valence-corrected chi connectivity index (χ3v) is 3.08. The van der Waals surface area contributed by atoms with Crippen molar-refractivity contribution in [1.82, 2.24) is 0 Å². The number of aliphatic hydroxyl groups is 1. The fourth-order valence-corrected chi connectivity index (χ4v) is 2.07. The van der Waals surface area contributed by atoms with Crippen LogP contribution in [0.4, 0.5) is 4.39 Å². The molecule has 1 N–H and O–H groups in total. The molecule has 0 aliphatic carbocycles. The highest BCUT2D eigenvalue weighted by Gasteiger charge is 2.10. The standard InChI is InChI=1S/C9H11FO2S/c1-7(11)6-13(12)9-5-3-2-4-8(9)10/h2-5,7,11H,6H2,1H3. The second-order valence-electron chi connectivity index (χ2n) is 2.79. The number of benzene rings is 1. The van der Waals surface area contributed by atoms with E-state index in [2.05, 4.69) is 0 Å². The van der Waals surface area contributed by atoms with Crippen molar-refractivity contribution in [2.24, 2.45) is 0 Å². The van der Waals surface area contributed by atoms with Crippen LogP contribution in [0.15, 0.2) is 29.2 Å². The van der Waals surface area contributed by atoms with Gasteiger partial charge in [-0.05, 0) is 19.1 Å². The molecular weight excluding hydrogens is 191 g/mol. The van der Waals surface area contributed by atoms with Gasteiger partial charge in [-0.15, -0.1) is 0 Å². The van der Waals surface area contributed by atoms with Crippen LogP contribution in [0.2, 0.25) is 0 Å². The monoisotopic (exact) mass is 202 g/mol. The van der Waals surface area contributed by atoms with Crippen LogP contribution in [0.3, 0.4) is 0 Å². The molecule has 0 heterocycles. The molecule has 4 heteroatoms. The van der Waals surface area contributed by atoms with Gasteiger partial charge in [0.2, 0.25) is 0 Å². The number of halogens is 1. The summed E-state index contributed by atoms with van der Waals surface area (Å²) in [6.45, 7) is 1.53. The van der Waals surface area contributed by atoms with Crippen LogP contribution in [0.25, 0.3) is 0 Å². The number of rotatable bonds is 3. The summed E-state index contributed by atoms with van der Waals surface area (Å²) in [7, 11) is -1.45. The van der Waals surface area contributed by atoms with Crippen molar-refractivity contribution in [2.45, 2.75) is 17.9 Å². The summed E-state index contributed by atoms with van der Waals surface area (Å²) in [5.41, 5.74) is 0. The van der Waals surface area contributed by atoms with Gasteiger partial charge in [-0.1, -0.05) is 12.1 Å². The summed E-state index contributed by atoms with van der Waals surface area (Å²) in [6.07, 6.45) is -0.680. The Morgan fingerprint density at radius 2 is 2.15 bits per heavy atom. The minimum atomic E-state index is -1.45. The number of aliphatic hydroxyl groups excluding tert-OH is 1. The Morgan fingerprint density at radius 1 is 1.54 bits per heavy atom. The maximum Gasteiger partial charge on any atom is 0.139 e. The second-order valence-corrected chi connectivity index (χ2v) is 4.26. The highest BCUT2D eigenvalue weighted by Crippen LogP contribution is 2.12. The normalized spacial score (nSPS) is 15.3. The first-order chi connectivity index (χ1) is 6.11. The van der Waals surface area contributed by atoms with Gasteiger partial charge in [0, 0.05) is 0 Å². The van der Waals surface area contributed by atoms with Crippen LogP contribution in [0.1, 0.15) is 6.92 Å². The molecular formula is C9H11FO2S. The Bertz CT molecular complexity index is 312. The minimum absolute atomic E-state index is 0.0704. The smallest absolute Gasteiger partial charge is 0.139 e. The molecule has 0 radical (unpaired) electrons. The SMILES string of the molecule is CC(O)CS(=O)c1ccccc1F. The highest BCUT2D eigenvalue weighted by molar-refractivity contribution is 7.85. The highest BCUT2D eigenvalue weighted by atomic mass is 32.2. The molecule has 1 aromatic carbocycles. The number of hydrogen-bond donors (Lipinski definition) is 1. The van der Waals surface area contributed by atoms with Crippen molar-refractivity contribution >= 4 is 10.8 Å². The predicted octanol–water partition coefficient (Wildman–Crippen LogP) is 1.31. The zero-order valence-electron chi connectivity index (χ0n) is 7.24. The van der Waals surface area contributed by atoms with Gasteiger partial charge in [0.15, 0.2) is 0 Å². The average molecular weight is 202 g/mol. The van der Waals surface area contributed by atoms with Crippen LogP contribution < -0.4 is 0 Å². The van der Waals surface area contributed by atoms with E-state index in [4.69, 9.17) is 5.11 Å². The predicted molar refractivity (Wildman–Crippen MR) is 49.4 cm³/mol. The lowest BCUT2D eigenvalue weighted by molar-refractivity contribution is 0.219. The van der Waals surface area contributed by atoms with Crippen molar-refractivity contribution in [3.05, 3.63) is 30.1 Å². The molecule has 2 nitrogen and oxygen atoms in total. The first-order valence-corrected chi connectivity index (χ1v) is 5.24. The first-order valence-electron chi connectivity index (χ1n) is 3.92. The summed E-state index contributed by atoms with van der Waals surface area (Å²) in [5, 5.41) is 8.96. The van der Waals surface area contributed by atoms with Crippen molar-refractivity contribution < 1.29 is 13.7 Å². The van der Waals surface area contributed by atoms with E-state index in [0.717, 1.165) is 0 Å². The van der Waals surface area contributed by atoms with Gasteiger partial charge in [0.05, 0.1) is 27.6 Å². The van der Waals surface area contributed by atoms with Gasteiger partial charge >= 0.3 is 0 Å². The third-order valence-electron chi connectivity index (χ3n) is 1.47. The molecule has 0 spiro atoms. The van der Waals surface area contributed by atoms with Gasteiger partial charge < -0.3 is 5.11 Å². The lowest BCUT2D eigenvalue weighted by Gasteiger charge is -2.04. The summed E-state index contributed by atoms with van der Waals surface area (Å²) in [4.78, 5) is 0.156. The Labute approximate surface area is 78.9 Å². The molecule has 2 unspecified atom stereocenters. The van der Waals surface area contributed by atoms with Crippen LogP contribution in [-0.4, -0.2) is 21.2 Å². The molecule has 0 aliphatic rings. The van der Waals surface area contributed by atoms with Crippen molar-refractivity contribution in [2.75, 3.05) is 5.75 Å². The Hall–Kier alpha value is -0.740. The van der Waals surface area contributed by atoms with E-state index in [1.54, 1.807) is 12.1 Å². The fourth-order valence-electron chi connectivity index (χ4n) is 0.938. The van der Waals surface area contributed by atoms with Crippen LogP contribution in [-0.2, 0) is 10.8 Å². The molecule has 0 aromatic heterocycles. The molecule has 13 heavy (non-hydrogen) atoms.